The smallest absolute Gasteiger partial charge is 0.417 e. The third-order valence-electron chi connectivity index (χ3n) is 3.81. The predicted octanol–water partition coefficient (Wildman–Crippen LogP) is 3.32. The molecule has 0 unspecified atom stereocenters. The fraction of sp³-hybridized carbons (Fsp3) is 0.211. The van der Waals surface area contributed by atoms with Crippen molar-refractivity contribution in [1.82, 2.24) is 4.90 Å². The minimum Gasteiger partial charge on any atom is -0.507 e. The normalized spacial score (nSPS) is 11.0. The molecular formula is C19H16ClF3N2O5. The molecule has 11 heteroatoms. The van der Waals surface area contributed by atoms with Crippen molar-refractivity contribution in [2.45, 2.75) is 6.18 Å². The Balaban J connectivity index is 1.90. The number of hydrogen-bond donors (Lipinski definition) is 2. The van der Waals surface area contributed by atoms with Crippen LogP contribution in [0.1, 0.15) is 15.9 Å². The van der Waals surface area contributed by atoms with Gasteiger partial charge in [-0.3, -0.25) is 9.59 Å². The van der Waals surface area contributed by atoms with Crippen LogP contribution in [-0.2, 0) is 20.5 Å². The molecule has 2 N–H and O–H groups in total. The molecule has 7 nitrogen and oxygen atoms in total. The number of carbonyl (C=O) groups is 3. The fourth-order valence-electron chi connectivity index (χ4n) is 2.29. The molecular weight excluding hydrogens is 429 g/mol. The van der Waals surface area contributed by atoms with E-state index in [4.69, 9.17) is 16.3 Å². The monoisotopic (exact) mass is 444 g/mol. The highest BCUT2D eigenvalue weighted by Gasteiger charge is 2.33. The summed E-state index contributed by atoms with van der Waals surface area (Å²) in [5.74, 6) is -2.75. The van der Waals surface area contributed by atoms with Gasteiger partial charge in [0.2, 0.25) is 5.91 Å². The first kappa shape index (κ1) is 23.0. The first-order valence-electron chi connectivity index (χ1n) is 8.34. The molecule has 0 fully saturated rings. The maximum absolute atomic E-state index is 12.9. The molecule has 0 saturated heterocycles. The van der Waals surface area contributed by atoms with E-state index in [1.807, 2.05) is 0 Å². The van der Waals surface area contributed by atoms with Crippen molar-refractivity contribution >= 4 is 35.1 Å². The van der Waals surface area contributed by atoms with E-state index in [1.54, 1.807) is 0 Å². The highest BCUT2D eigenvalue weighted by atomic mass is 35.5. The van der Waals surface area contributed by atoms with Crippen LogP contribution in [0.3, 0.4) is 0 Å². The van der Waals surface area contributed by atoms with Gasteiger partial charge in [0.1, 0.15) is 11.3 Å². The molecule has 2 rings (SSSR count). The van der Waals surface area contributed by atoms with Gasteiger partial charge in [0.05, 0.1) is 17.1 Å². The first-order chi connectivity index (χ1) is 14.0. The van der Waals surface area contributed by atoms with Gasteiger partial charge < -0.3 is 20.1 Å². The zero-order chi connectivity index (χ0) is 22.5. The SMILES string of the molecule is CN(CC(=O)Nc1ccc(Cl)c(C(F)(F)F)c1)C(=O)COC(=O)c1ccccc1O. The van der Waals surface area contributed by atoms with E-state index in [0.29, 0.717) is 6.07 Å². The molecule has 0 heterocycles. The number of alkyl halides is 3. The molecule has 0 aliphatic carbocycles. The number of esters is 1. The third-order valence-corrected chi connectivity index (χ3v) is 4.14. The van der Waals surface area contributed by atoms with Crippen LogP contribution in [0.15, 0.2) is 42.5 Å². The number of aromatic hydroxyl groups is 1. The van der Waals surface area contributed by atoms with Crippen LogP contribution in [0.25, 0.3) is 0 Å². The zero-order valence-electron chi connectivity index (χ0n) is 15.5. The highest BCUT2D eigenvalue weighted by Crippen LogP contribution is 2.36. The Kier molecular flexibility index (Phi) is 7.28. The molecule has 0 spiro atoms. The van der Waals surface area contributed by atoms with Crippen LogP contribution in [0.5, 0.6) is 5.75 Å². The number of hydrogen-bond acceptors (Lipinski definition) is 5. The second kappa shape index (κ2) is 9.49. The zero-order valence-corrected chi connectivity index (χ0v) is 16.3. The fourth-order valence-corrected chi connectivity index (χ4v) is 2.51. The Morgan fingerprint density at radius 1 is 1.17 bits per heavy atom. The van der Waals surface area contributed by atoms with Crippen molar-refractivity contribution in [2.24, 2.45) is 0 Å². The average molecular weight is 445 g/mol. The number of ether oxygens (including phenoxy) is 1. The topological polar surface area (TPSA) is 95.9 Å². The van der Waals surface area contributed by atoms with Crippen molar-refractivity contribution in [3.05, 3.63) is 58.6 Å². The molecule has 2 amide bonds. The molecule has 160 valence electrons. The van der Waals surface area contributed by atoms with Crippen LogP contribution in [0.4, 0.5) is 18.9 Å². The van der Waals surface area contributed by atoms with E-state index in [9.17, 15) is 32.7 Å². The molecule has 0 aromatic heterocycles. The van der Waals surface area contributed by atoms with Gasteiger partial charge >= 0.3 is 12.1 Å². The number of likely N-dealkylation sites (N-methyl/N-ethyl adjacent to an activating group) is 1. The van der Waals surface area contributed by atoms with E-state index in [2.05, 4.69) is 5.32 Å². The van der Waals surface area contributed by atoms with Crippen molar-refractivity contribution < 1.29 is 37.4 Å². The summed E-state index contributed by atoms with van der Waals surface area (Å²) < 4.78 is 43.4. The van der Waals surface area contributed by atoms with Crippen LogP contribution >= 0.6 is 11.6 Å². The summed E-state index contributed by atoms with van der Waals surface area (Å²) in [7, 11) is 1.25. The van der Waals surface area contributed by atoms with E-state index in [0.717, 1.165) is 11.0 Å². The summed E-state index contributed by atoms with van der Waals surface area (Å²) in [4.78, 5) is 36.8. The summed E-state index contributed by atoms with van der Waals surface area (Å²) in [5.41, 5.74) is -1.39. The number of rotatable bonds is 6. The maximum Gasteiger partial charge on any atom is 0.417 e. The molecule has 30 heavy (non-hydrogen) atoms. The number of benzene rings is 2. The van der Waals surface area contributed by atoms with E-state index in [-0.39, 0.29) is 17.0 Å². The lowest BCUT2D eigenvalue weighted by atomic mass is 10.2. The van der Waals surface area contributed by atoms with Gasteiger partial charge in [-0.2, -0.15) is 13.2 Å². The molecule has 0 saturated carbocycles. The number of carbonyl (C=O) groups excluding carboxylic acids is 3. The summed E-state index contributed by atoms with van der Waals surface area (Å²) in [6.45, 7) is -1.20. The number of anilines is 1. The van der Waals surface area contributed by atoms with Gasteiger partial charge in [-0.15, -0.1) is 0 Å². The van der Waals surface area contributed by atoms with Crippen molar-refractivity contribution in [2.75, 3.05) is 25.5 Å². The van der Waals surface area contributed by atoms with Gasteiger partial charge in [0.15, 0.2) is 6.61 Å². The molecule has 0 atom stereocenters. The van der Waals surface area contributed by atoms with Crippen LogP contribution in [-0.4, -0.2) is 48.0 Å². The second-order valence-corrected chi connectivity index (χ2v) is 6.49. The average Bonchev–Trinajstić information content (AvgIpc) is 2.66. The lowest BCUT2D eigenvalue weighted by Crippen LogP contribution is -2.37. The number of phenolic OH excluding ortho intramolecular Hbond substituents is 1. The molecule has 0 aliphatic rings. The summed E-state index contributed by atoms with van der Waals surface area (Å²) in [5, 5.41) is 11.3. The van der Waals surface area contributed by atoms with Crippen LogP contribution < -0.4 is 5.32 Å². The van der Waals surface area contributed by atoms with Gasteiger partial charge in [-0.05, 0) is 30.3 Å². The molecule has 0 aliphatic heterocycles. The third kappa shape index (κ3) is 6.11. The lowest BCUT2D eigenvalue weighted by Gasteiger charge is -2.17. The van der Waals surface area contributed by atoms with E-state index >= 15 is 0 Å². The first-order valence-corrected chi connectivity index (χ1v) is 8.72. The quantitative estimate of drug-likeness (QED) is 0.666. The van der Waals surface area contributed by atoms with Gasteiger partial charge in [0, 0.05) is 12.7 Å². The van der Waals surface area contributed by atoms with E-state index < -0.39 is 47.7 Å². The number of nitrogens with zero attached hydrogens (tertiary/aromatic N) is 1. The summed E-state index contributed by atoms with van der Waals surface area (Å²) in [6, 6.07) is 8.43. The lowest BCUT2D eigenvalue weighted by molar-refractivity contribution is -0.137. The van der Waals surface area contributed by atoms with Crippen molar-refractivity contribution in [3.8, 4) is 5.75 Å². The summed E-state index contributed by atoms with van der Waals surface area (Å²) >= 11 is 5.51. The number of amides is 2. The standard InChI is InChI=1S/C19H16ClF3N2O5/c1-25(17(28)10-30-18(29)12-4-2-3-5-15(12)26)9-16(27)24-11-6-7-14(20)13(8-11)19(21,22)23/h2-8,26H,9-10H2,1H3,(H,24,27). The Bertz CT molecular complexity index is 965. The number of phenols is 1. The molecule has 2 aromatic rings. The van der Waals surface area contributed by atoms with Crippen LogP contribution in [0.2, 0.25) is 5.02 Å². The minimum atomic E-state index is -4.69. The summed E-state index contributed by atoms with van der Waals surface area (Å²) in [6.07, 6.45) is -4.69. The van der Waals surface area contributed by atoms with E-state index in [1.165, 1.54) is 37.4 Å². The Morgan fingerprint density at radius 2 is 1.83 bits per heavy atom. The molecule has 0 radical (unpaired) electrons. The molecule has 0 bridgehead atoms. The Hall–Kier alpha value is -3.27. The number of halogens is 4. The Morgan fingerprint density at radius 3 is 2.47 bits per heavy atom. The Labute approximate surface area is 174 Å². The molecule has 2 aromatic carbocycles. The van der Waals surface area contributed by atoms with Crippen molar-refractivity contribution in [1.29, 1.82) is 0 Å². The van der Waals surface area contributed by atoms with Gasteiger partial charge in [-0.25, -0.2) is 4.79 Å². The predicted molar refractivity (Wildman–Crippen MR) is 101 cm³/mol. The van der Waals surface area contributed by atoms with Gasteiger partial charge in [0.25, 0.3) is 5.91 Å². The largest absolute Gasteiger partial charge is 0.507 e. The van der Waals surface area contributed by atoms with Crippen LogP contribution in [0, 0.1) is 0 Å². The van der Waals surface area contributed by atoms with Crippen molar-refractivity contribution in [3.63, 3.8) is 0 Å². The highest BCUT2D eigenvalue weighted by molar-refractivity contribution is 6.31. The number of nitrogens with one attached hydrogen (secondary N) is 1. The minimum absolute atomic E-state index is 0.131. The maximum atomic E-state index is 12.9. The number of para-hydroxylation sites is 1. The second-order valence-electron chi connectivity index (χ2n) is 6.08. The van der Waals surface area contributed by atoms with Gasteiger partial charge in [-0.1, -0.05) is 23.7 Å².